The van der Waals surface area contributed by atoms with Crippen LogP contribution in [0, 0.1) is 0 Å². The summed E-state index contributed by atoms with van der Waals surface area (Å²) in [4.78, 5) is 38.3. The second-order valence-corrected chi connectivity index (χ2v) is 20.9. The van der Waals surface area contributed by atoms with Crippen LogP contribution in [0.25, 0.3) is 0 Å². The van der Waals surface area contributed by atoms with E-state index < -0.39 is 6.10 Å². The number of hydrogen-bond acceptors (Lipinski definition) is 6. The molecule has 0 N–H and O–H groups in total. The highest BCUT2D eigenvalue weighted by Gasteiger charge is 2.19. The van der Waals surface area contributed by atoms with Gasteiger partial charge in [0.15, 0.2) is 6.10 Å². The van der Waals surface area contributed by atoms with E-state index in [0.717, 1.165) is 173 Å². The van der Waals surface area contributed by atoms with Gasteiger partial charge in [-0.05, 0) is 148 Å². The molecule has 0 amide bonds. The topological polar surface area (TPSA) is 78.9 Å². The van der Waals surface area contributed by atoms with Gasteiger partial charge in [0.25, 0.3) is 0 Å². The number of esters is 3. The van der Waals surface area contributed by atoms with E-state index in [9.17, 15) is 14.4 Å². The maximum Gasteiger partial charge on any atom is 0.306 e. The Morgan fingerprint density at radius 3 is 0.800 bits per heavy atom. The number of carbonyl (C=O) groups is 3. The summed E-state index contributed by atoms with van der Waals surface area (Å²) >= 11 is 0. The average Bonchev–Trinajstić information content (AvgIpc) is 3.46. The summed E-state index contributed by atoms with van der Waals surface area (Å²) in [6.07, 6.45) is 96.7. The first-order valence-corrected chi connectivity index (χ1v) is 32.5. The first-order valence-electron chi connectivity index (χ1n) is 32.5. The molecule has 0 saturated heterocycles. The third-order valence-electron chi connectivity index (χ3n) is 13.2. The molecule has 0 fully saturated rings. The van der Waals surface area contributed by atoms with Gasteiger partial charge in [0.05, 0.1) is 0 Å². The Balaban J connectivity index is 4.45. The van der Waals surface area contributed by atoms with Crippen molar-refractivity contribution < 1.29 is 28.6 Å². The molecule has 0 radical (unpaired) electrons. The van der Waals surface area contributed by atoms with Crippen LogP contribution in [0.15, 0.2) is 158 Å². The maximum absolute atomic E-state index is 12.9. The Kier molecular flexibility index (Phi) is 62.4. The first-order chi connectivity index (χ1) is 39.5. The zero-order valence-electron chi connectivity index (χ0n) is 51.5. The molecule has 1 atom stereocenters. The zero-order valence-corrected chi connectivity index (χ0v) is 51.5. The molecular weight excluding hydrogens is 985 g/mol. The minimum absolute atomic E-state index is 0.105. The number of carbonyl (C=O) groups excluding carboxylic acids is 3. The van der Waals surface area contributed by atoms with Gasteiger partial charge < -0.3 is 14.2 Å². The molecule has 80 heavy (non-hydrogen) atoms. The monoisotopic (exact) mass is 1100 g/mol. The highest BCUT2D eigenvalue weighted by Crippen LogP contribution is 2.14. The first kappa shape index (κ1) is 75.0. The van der Waals surface area contributed by atoms with Crippen molar-refractivity contribution in [2.24, 2.45) is 0 Å². The predicted molar refractivity (Wildman–Crippen MR) is 348 cm³/mol. The van der Waals surface area contributed by atoms with Gasteiger partial charge >= 0.3 is 17.9 Å². The molecule has 0 aliphatic heterocycles. The van der Waals surface area contributed by atoms with Gasteiger partial charge in [0.1, 0.15) is 13.2 Å². The highest BCUT2D eigenvalue weighted by molar-refractivity contribution is 5.71. The summed E-state index contributed by atoms with van der Waals surface area (Å²) in [5.41, 5.74) is 0. The largest absolute Gasteiger partial charge is 0.462 e. The normalized spacial score (nSPS) is 13.2. The zero-order chi connectivity index (χ0) is 57.8. The summed E-state index contributed by atoms with van der Waals surface area (Å²) in [6.45, 7) is 6.41. The Bertz CT molecular complexity index is 1790. The molecule has 0 aromatic rings. The number of ether oxygens (including phenoxy) is 3. The van der Waals surface area contributed by atoms with Crippen LogP contribution in [0.2, 0.25) is 0 Å². The standard InChI is InChI=1S/C74H118O6/c1-4-7-10-13-16-19-22-25-28-30-32-33-34-35-36-37-38-39-40-41-43-44-46-49-52-55-58-61-64-67-73(76)79-70-71(69-78-72(75)66-63-60-57-54-51-48-27-24-21-18-15-12-9-6-3)80-74(77)68-65-62-59-56-53-50-47-45-42-31-29-26-23-20-17-14-11-8-5-2/h7,10,15-20,24-29,32-33,35-36,38-39,41-43,45-46,49,71H,4-6,8-9,11-14,21-23,30-31,34,37,40,44,47-48,50-70H2,1-3H3/b10-7-,18-15-,19-16-,20-17-,27-24-,28-25-,29-26-,33-32-,36-35-,39-38-,43-41-,45-42-,49-46-. The lowest BCUT2D eigenvalue weighted by Crippen LogP contribution is -2.30. The number of allylic oxidation sites excluding steroid dienone is 26. The van der Waals surface area contributed by atoms with Gasteiger partial charge in [0, 0.05) is 19.3 Å². The van der Waals surface area contributed by atoms with E-state index in [1.54, 1.807) is 0 Å². The molecule has 0 saturated carbocycles. The number of unbranched alkanes of at least 4 members (excludes halogenated alkanes) is 20. The van der Waals surface area contributed by atoms with E-state index in [-0.39, 0.29) is 31.1 Å². The van der Waals surface area contributed by atoms with E-state index in [1.807, 2.05) is 0 Å². The van der Waals surface area contributed by atoms with E-state index in [1.165, 1.54) is 57.8 Å². The van der Waals surface area contributed by atoms with Gasteiger partial charge in [-0.25, -0.2) is 0 Å². The van der Waals surface area contributed by atoms with Crippen LogP contribution in [-0.4, -0.2) is 37.2 Å². The molecule has 0 heterocycles. The summed E-state index contributed by atoms with van der Waals surface area (Å²) in [7, 11) is 0. The second-order valence-electron chi connectivity index (χ2n) is 20.9. The summed E-state index contributed by atoms with van der Waals surface area (Å²) in [5, 5.41) is 0. The lowest BCUT2D eigenvalue weighted by atomic mass is 10.1. The molecule has 6 nitrogen and oxygen atoms in total. The Hall–Kier alpha value is -4.97. The molecule has 1 unspecified atom stereocenters. The second kappa shape index (κ2) is 66.5. The van der Waals surface area contributed by atoms with Crippen molar-refractivity contribution >= 4 is 17.9 Å². The molecule has 0 aromatic carbocycles. The molecule has 0 aliphatic rings. The SMILES string of the molecule is CC/C=C\C/C=C\C/C=C\C/C=C\C/C=C\C/C=C\C/C=C\C/C=C\CCCCCCC(=O)OCC(COC(=O)CCCCCCC/C=C\C/C=C\CCCC)OC(=O)CCCCCCCC/C=C\C/C=C\C/C=C\CCCCC. The molecule has 450 valence electrons. The Labute approximate surface area is 492 Å². The summed E-state index contributed by atoms with van der Waals surface area (Å²) in [6, 6.07) is 0. The molecule has 0 aromatic heterocycles. The van der Waals surface area contributed by atoms with Gasteiger partial charge in [-0.1, -0.05) is 262 Å². The smallest absolute Gasteiger partial charge is 0.306 e. The fraction of sp³-hybridized carbons (Fsp3) is 0.608. The van der Waals surface area contributed by atoms with Crippen LogP contribution in [-0.2, 0) is 28.6 Å². The van der Waals surface area contributed by atoms with Crippen LogP contribution >= 0.6 is 0 Å². The van der Waals surface area contributed by atoms with Crippen LogP contribution in [0.3, 0.4) is 0 Å². The van der Waals surface area contributed by atoms with E-state index >= 15 is 0 Å². The van der Waals surface area contributed by atoms with Gasteiger partial charge in [-0.15, -0.1) is 0 Å². The van der Waals surface area contributed by atoms with Gasteiger partial charge in [-0.2, -0.15) is 0 Å². The Morgan fingerprint density at radius 1 is 0.263 bits per heavy atom. The van der Waals surface area contributed by atoms with Gasteiger partial charge in [0.2, 0.25) is 0 Å². The fourth-order valence-electron chi connectivity index (χ4n) is 8.36. The van der Waals surface area contributed by atoms with Crippen molar-refractivity contribution in [2.45, 2.75) is 277 Å². The van der Waals surface area contributed by atoms with E-state index in [4.69, 9.17) is 14.2 Å². The number of hydrogen-bond donors (Lipinski definition) is 0. The van der Waals surface area contributed by atoms with Crippen molar-refractivity contribution in [3.8, 4) is 0 Å². The molecule has 0 bridgehead atoms. The van der Waals surface area contributed by atoms with Crippen molar-refractivity contribution in [1.82, 2.24) is 0 Å². The maximum atomic E-state index is 12.9. The summed E-state index contributed by atoms with van der Waals surface area (Å²) < 4.78 is 16.9. The molecule has 0 rings (SSSR count). The van der Waals surface area contributed by atoms with Crippen molar-refractivity contribution in [2.75, 3.05) is 13.2 Å². The average molecular weight is 1100 g/mol. The van der Waals surface area contributed by atoms with Crippen LogP contribution in [0.5, 0.6) is 0 Å². The van der Waals surface area contributed by atoms with E-state index in [2.05, 4.69) is 179 Å². The van der Waals surface area contributed by atoms with Crippen molar-refractivity contribution in [3.05, 3.63) is 158 Å². The predicted octanol–water partition coefficient (Wildman–Crippen LogP) is 22.5. The van der Waals surface area contributed by atoms with Crippen LogP contribution < -0.4 is 0 Å². The highest BCUT2D eigenvalue weighted by atomic mass is 16.6. The number of rotatable bonds is 57. The fourth-order valence-corrected chi connectivity index (χ4v) is 8.36. The quantitative estimate of drug-likeness (QED) is 0.0261. The van der Waals surface area contributed by atoms with Crippen molar-refractivity contribution in [1.29, 1.82) is 0 Å². The summed E-state index contributed by atoms with van der Waals surface area (Å²) in [5.74, 6) is -0.959. The minimum Gasteiger partial charge on any atom is -0.462 e. The minimum atomic E-state index is -0.811. The van der Waals surface area contributed by atoms with Gasteiger partial charge in [-0.3, -0.25) is 14.4 Å². The molecular formula is C74H118O6. The molecule has 0 spiro atoms. The lowest BCUT2D eigenvalue weighted by molar-refractivity contribution is -0.167. The Morgan fingerprint density at radius 2 is 0.500 bits per heavy atom. The lowest BCUT2D eigenvalue weighted by Gasteiger charge is -2.18. The van der Waals surface area contributed by atoms with Crippen LogP contribution in [0.1, 0.15) is 271 Å². The third kappa shape index (κ3) is 63.9. The molecule has 6 heteroatoms. The van der Waals surface area contributed by atoms with Crippen molar-refractivity contribution in [3.63, 3.8) is 0 Å². The van der Waals surface area contributed by atoms with E-state index in [0.29, 0.717) is 19.3 Å². The van der Waals surface area contributed by atoms with Crippen LogP contribution in [0.4, 0.5) is 0 Å². The third-order valence-corrected chi connectivity index (χ3v) is 13.2. The molecule has 0 aliphatic carbocycles.